The van der Waals surface area contributed by atoms with Crippen LogP contribution in [-0.4, -0.2) is 82.3 Å². The first-order valence-corrected chi connectivity index (χ1v) is 16.0. The minimum Gasteiger partial charge on any atom is -0.490 e. The fourth-order valence-electron chi connectivity index (χ4n) is 6.34. The molecule has 2 aliphatic rings. The fourth-order valence-corrected chi connectivity index (χ4v) is 6.34. The largest absolute Gasteiger partial charge is 0.490 e. The predicted molar refractivity (Wildman–Crippen MR) is 179 cm³/mol. The topological polar surface area (TPSA) is 189 Å². The quantitative estimate of drug-likeness (QED) is 0.151. The number of methoxy groups -OCH3 is 1. The number of aliphatic hydroxyl groups is 1. The number of amides is 3. The first kappa shape index (κ1) is 33.7. The number of ether oxygens (including phenoxy) is 4. The van der Waals surface area contributed by atoms with Crippen molar-refractivity contribution in [2.45, 2.75) is 57.3 Å². The molecule has 4 aromatic rings. The van der Waals surface area contributed by atoms with E-state index in [2.05, 4.69) is 20.7 Å². The van der Waals surface area contributed by atoms with Crippen LogP contribution >= 0.6 is 0 Å². The highest BCUT2D eigenvalue weighted by Gasteiger charge is 2.54. The number of pyridine rings is 2. The van der Waals surface area contributed by atoms with Crippen molar-refractivity contribution < 1.29 is 38.4 Å². The van der Waals surface area contributed by atoms with Crippen LogP contribution in [0.4, 0.5) is 10.6 Å². The number of primary amides is 1. The second kappa shape index (κ2) is 13.7. The molecule has 0 unspecified atom stereocenters. The molecule has 3 heterocycles. The number of nitrogens with zero attached hydrogens (tertiary/aromatic N) is 3. The molecule has 14 heteroatoms. The summed E-state index contributed by atoms with van der Waals surface area (Å²) in [7, 11) is 1.52. The van der Waals surface area contributed by atoms with E-state index in [1.165, 1.54) is 7.11 Å². The van der Waals surface area contributed by atoms with Gasteiger partial charge in [0.15, 0.2) is 0 Å². The lowest BCUT2D eigenvalue weighted by molar-refractivity contribution is -0.0834. The Morgan fingerprint density at radius 1 is 1.02 bits per heavy atom. The van der Waals surface area contributed by atoms with E-state index < -0.39 is 17.6 Å². The van der Waals surface area contributed by atoms with Crippen LogP contribution < -0.4 is 25.8 Å². The first-order valence-electron chi connectivity index (χ1n) is 16.0. The van der Waals surface area contributed by atoms with E-state index in [1.807, 2.05) is 0 Å². The zero-order valence-electron chi connectivity index (χ0n) is 27.6. The standard InChI is InChI=1S/C35H40N6O8/c1-34(2,45)20-48-24-6-8-28-27(18-38-41(28)19-24)32(43)39-23-13-35(14-23)15-25(16-35)49-29-12-21(4-7-26(29)31(36)42)22-5-9-30(37-17-22)40-33(44)47-11-10-46-3/h4-9,12,17-19,23,25,45H,10-11,13-16,20H2,1-3H3,(H2,36,42)(H,39,43)(H,37,40,44). The molecule has 0 bridgehead atoms. The Morgan fingerprint density at radius 3 is 2.49 bits per heavy atom. The van der Waals surface area contributed by atoms with Gasteiger partial charge in [0.2, 0.25) is 0 Å². The Kier molecular flexibility index (Phi) is 9.43. The maximum atomic E-state index is 13.1. The molecule has 0 radical (unpaired) electrons. The van der Waals surface area contributed by atoms with E-state index >= 15 is 0 Å². The molecule has 5 N–H and O–H groups in total. The Balaban J connectivity index is 1.01. The lowest BCUT2D eigenvalue weighted by Crippen LogP contribution is -2.58. The molecular weight excluding hydrogens is 632 g/mol. The third-order valence-electron chi connectivity index (χ3n) is 8.73. The Hall–Kier alpha value is -5.21. The van der Waals surface area contributed by atoms with Crippen molar-refractivity contribution in [3.05, 3.63) is 72.2 Å². The van der Waals surface area contributed by atoms with Gasteiger partial charge in [-0.15, -0.1) is 0 Å². The predicted octanol–water partition coefficient (Wildman–Crippen LogP) is 3.96. The van der Waals surface area contributed by atoms with E-state index in [0.29, 0.717) is 35.0 Å². The summed E-state index contributed by atoms with van der Waals surface area (Å²) in [6.07, 6.45) is 7.38. The minimum absolute atomic E-state index is 0.0412. The van der Waals surface area contributed by atoms with Gasteiger partial charge in [0.1, 0.15) is 30.5 Å². The maximum absolute atomic E-state index is 13.1. The van der Waals surface area contributed by atoms with Crippen LogP contribution in [0, 0.1) is 5.41 Å². The molecule has 14 nitrogen and oxygen atoms in total. The SMILES string of the molecule is COCCOC(=O)Nc1ccc(-c2ccc(C(N)=O)c(OC3CC4(CC(NC(=O)c5cnn6cc(OCC(C)(C)O)ccc56)C4)C3)c2)cn1. The number of benzene rings is 1. The van der Waals surface area contributed by atoms with Crippen molar-refractivity contribution in [1.82, 2.24) is 19.9 Å². The molecule has 2 fully saturated rings. The maximum Gasteiger partial charge on any atom is 0.412 e. The first-order chi connectivity index (χ1) is 23.4. The summed E-state index contributed by atoms with van der Waals surface area (Å²) in [4.78, 5) is 41.5. The van der Waals surface area contributed by atoms with E-state index in [0.717, 1.165) is 36.8 Å². The molecule has 0 saturated heterocycles. The minimum atomic E-state index is -0.968. The molecule has 3 amide bonds. The van der Waals surface area contributed by atoms with Gasteiger partial charge in [0.25, 0.3) is 11.8 Å². The average Bonchev–Trinajstić information content (AvgIpc) is 3.45. The number of carbonyl (C=O) groups is 3. The number of nitrogens with two attached hydrogens (primary N) is 1. The monoisotopic (exact) mass is 672 g/mol. The molecule has 1 aromatic carbocycles. The number of fused-ring (bicyclic) bond motifs is 1. The smallest absolute Gasteiger partial charge is 0.412 e. The molecule has 0 aliphatic heterocycles. The highest BCUT2D eigenvalue weighted by molar-refractivity contribution is 6.01. The van der Waals surface area contributed by atoms with Gasteiger partial charge in [-0.3, -0.25) is 14.9 Å². The second-order valence-electron chi connectivity index (χ2n) is 13.3. The summed E-state index contributed by atoms with van der Waals surface area (Å²) >= 11 is 0. The third kappa shape index (κ3) is 7.92. The zero-order chi connectivity index (χ0) is 34.8. The molecular formula is C35H40N6O8. The van der Waals surface area contributed by atoms with E-state index in [4.69, 9.17) is 24.7 Å². The molecule has 2 saturated carbocycles. The molecule has 49 heavy (non-hydrogen) atoms. The number of hydrogen-bond donors (Lipinski definition) is 4. The summed E-state index contributed by atoms with van der Waals surface area (Å²) < 4.78 is 23.4. The molecule has 6 rings (SSSR count). The van der Waals surface area contributed by atoms with Crippen LogP contribution in [-0.2, 0) is 9.47 Å². The van der Waals surface area contributed by atoms with Crippen molar-refractivity contribution in [1.29, 1.82) is 0 Å². The van der Waals surface area contributed by atoms with Crippen LogP contribution in [0.5, 0.6) is 11.5 Å². The van der Waals surface area contributed by atoms with Crippen LogP contribution in [0.3, 0.4) is 0 Å². The summed E-state index contributed by atoms with van der Waals surface area (Å²) in [5, 5.41) is 19.9. The van der Waals surface area contributed by atoms with E-state index in [1.54, 1.807) is 79.4 Å². The highest BCUT2D eigenvalue weighted by Crippen LogP contribution is 2.57. The van der Waals surface area contributed by atoms with Gasteiger partial charge in [-0.2, -0.15) is 5.10 Å². The third-order valence-corrected chi connectivity index (χ3v) is 8.73. The number of rotatable bonds is 13. The fraction of sp³-hybridized carbons (Fsp3) is 0.400. The average molecular weight is 673 g/mol. The van der Waals surface area contributed by atoms with Crippen LogP contribution in [0.15, 0.2) is 61.1 Å². The summed E-state index contributed by atoms with van der Waals surface area (Å²) in [5.41, 5.74) is 7.73. The summed E-state index contributed by atoms with van der Waals surface area (Å²) in [6, 6.07) is 12.2. The molecule has 0 atom stereocenters. The van der Waals surface area contributed by atoms with Crippen LogP contribution in [0.2, 0.25) is 0 Å². The number of nitrogens with one attached hydrogen (secondary N) is 2. The van der Waals surface area contributed by atoms with Gasteiger partial charge < -0.3 is 35.1 Å². The lowest BCUT2D eigenvalue weighted by atomic mass is 9.53. The Bertz CT molecular complexity index is 1840. The molecule has 2 aliphatic carbocycles. The second-order valence-corrected chi connectivity index (χ2v) is 13.3. The van der Waals surface area contributed by atoms with Crippen LogP contribution in [0.1, 0.15) is 60.2 Å². The zero-order valence-corrected chi connectivity index (χ0v) is 27.6. The number of anilines is 1. The van der Waals surface area contributed by atoms with Gasteiger partial charge in [-0.1, -0.05) is 6.07 Å². The molecule has 3 aromatic heterocycles. The Labute approximate surface area is 282 Å². The van der Waals surface area contributed by atoms with Crippen molar-refractivity contribution in [3.8, 4) is 22.6 Å². The van der Waals surface area contributed by atoms with Crippen molar-refractivity contribution in [2.75, 3.05) is 32.2 Å². The molecule has 1 spiro atoms. The van der Waals surface area contributed by atoms with Gasteiger partial charge >= 0.3 is 6.09 Å². The van der Waals surface area contributed by atoms with E-state index in [-0.39, 0.29) is 42.2 Å². The number of aromatic nitrogens is 3. The van der Waals surface area contributed by atoms with E-state index in [9.17, 15) is 19.5 Å². The van der Waals surface area contributed by atoms with Crippen molar-refractivity contribution in [3.63, 3.8) is 0 Å². The van der Waals surface area contributed by atoms with Crippen molar-refractivity contribution in [2.24, 2.45) is 11.1 Å². The lowest BCUT2D eigenvalue weighted by Gasteiger charge is -2.57. The van der Waals surface area contributed by atoms with Gasteiger partial charge in [-0.05, 0) is 86.9 Å². The van der Waals surface area contributed by atoms with Crippen molar-refractivity contribution >= 4 is 29.2 Å². The van der Waals surface area contributed by atoms with Gasteiger partial charge in [-0.25, -0.2) is 14.3 Å². The summed E-state index contributed by atoms with van der Waals surface area (Å²) in [5.74, 6) is 0.501. The molecule has 258 valence electrons. The van der Waals surface area contributed by atoms with Gasteiger partial charge in [0.05, 0.1) is 47.3 Å². The number of carbonyl (C=O) groups excluding carboxylic acids is 3. The highest BCUT2D eigenvalue weighted by atomic mass is 16.6. The Morgan fingerprint density at radius 2 is 1.80 bits per heavy atom. The van der Waals surface area contributed by atoms with Crippen LogP contribution in [0.25, 0.3) is 16.6 Å². The van der Waals surface area contributed by atoms with Gasteiger partial charge in [0, 0.05) is 24.9 Å². The normalized spacial score (nSPS) is 19.8. The summed E-state index contributed by atoms with van der Waals surface area (Å²) in [6.45, 7) is 3.88. The number of hydrogen-bond acceptors (Lipinski definition) is 10.